The number of nitrogens with zero attached hydrogens (tertiary/aromatic N) is 2. The van der Waals surface area contributed by atoms with Gasteiger partial charge < -0.3 is 15.7 Å². The maximum absolute atomic E-state index is 12.7. The van der Waals surface area contributed by atoms with Crippen LogP contribution in [0.5, 0.6) is 5.75 Å². The lowest BCUT2D eigenvalue weighted by atomic mass is 9.92. The number of benzene rings is 1. The summed E-state index contributed by atoms with van der Waals surface area (Å²) in [6.45, 7) is 5.22. The van der Waals surface area contributed by atoms with E-state index in [1.807, 2.05) is 6.92 Å². The number of amides is 2. The molecule has 1 aliphatic rings. The highest BCUT2D eigenvalue weighted by molar-refractivity contribution is 6.02. The molecule has 1 heterocycles. The van der Waals surface area contributed by atoms with Crippen molar-refractivity contribution in [1.29, 1.82) is 0 Å². The first-order valence-electron chi connectivity index (χ1n) is 8.37. The molecule has 0 bridgehead atoms. The SMILES string of the molecule is C=CC(=O)Nc1ccc(O)c(C(=O)NC2CCCc3nc(C)ncc32)c1. The van der Waals surface area contributed by atoms with Crippen molar-refractivity contribution in [2.24, 2.45) is 0 Å². The van der Waals surface area contributed by atoms with Crippen LogP contribution in [0, 0.1) is 6.92 Å². The Hall–Kier alpha value is -3.22. The molecule has 0 saturated heterocycles. The topological polar surface area (TPSA) is 104 Å². The van der Waals surface area contributed by atoms with Crippen LogP contribution in [-0.4, -0.2) is 26.9 Å². The van der Waals surface area contributed by atoms with Gasteiger partial charge in [0.1, 0.15) is 11.6 Å². The Labute approximate surface area is 151 Å². The second-order valence-corrected chi connectivity index (χ2v) is 6.16. The van der Waals surface area contributed by atoms with E-state index in [1.165, 1.54) is 18.2 Å². The van der Waals surface area contributed by atoms with Crippen LogP contribution >= 0.6 is 0 Å². The fourth-order valence-electron chi connectivity index (χ4n) is 3.02. The maximum Gasteiger partial charge on any atom is 0.255 e. The van der Waals surface area contributed by atoms with Crippen LogP contribution in [0.4, 0.5) is 5.69 Å². The van der Waals surface area contributed by atoms with Crippen LogP contribution in [0.2, 0.25) is 0 Å². The van der Waals surface area contributed by atoms with Gasteiger partial charge in [-0.25, -0.2) is 9.97 Å². The van der Waals surface area contributed by atoms with Crippen molar-refractivity contribution in [1.82, 2.24) is 15.3 Å². The number of phenolic OH excluding ortho intramolecular Hbond substituents is 1. The van der Waals surface area contributed by atoms with Crippen LogP contribution in [-0.2, 0) is 11.2 Å². The number of anilines is 1. The van der Waals surface area contributed by atoms with Gasteiger partial charge >= 0.3 is 0 Å². The van der Waals surface area contributed by atoms with Gasteiger partial charge in [0.2, 0.25) is 5.91 Å². The molecule has 3 N–H and O–H groups in total. The van der Waals surface area contributed by atoms with Crippen molar-refractivity contribution in [3.8, 4) is 5.75 Å². The van der Waals surface area contributed by atoms with E-state index in [-0.39, 0.29) is 17.4 Å². The van der Waals surface area contributed by atoms with E-state index in [1.54, 1.807) is 6.20 Å². The van der Waals surface area contributed by atoms with Crippen LogP contribution in [0.1, 0.15) is 46.3 Å². The quantitative estimate of drug-likeness (QED) is 0.579. The number of fused-ring (bicyclic) bond motifs is 1. The lowest BCUT2D eigenvalue weighted by Crippen LogP contribution is -2.31. The van der Waals surface area contributed by atoms with Gasteiger partial charge in [-0.05, 0) is 50.5 Å². The molecule has 0 radical (unpaired) electrons. The molecule has 7 nitrogen and oxygen atoms in total. The van der Waals surface area contributed by atoms with Gasteiger partial charge in [0, 0.05) is 23.1 Å². The zero-order chi connectivity index (χ0) is 18.7. The van der Waals surface area contributed by atoms with Crippen molar-refractivity contribution in [3.05, 3.63) is 59.7 Å². The second kappa shape index (κ2) is 7.35. The Morgan fingerprint density at radius 2 is 2.19 bits per heavy atom. The van der Waals surface area contributed by atoms with Crippen LogP contribution < -0.4 is 10.6 Å². The molecule has 1 atom stereocenters. The lowest BCUT2D eigenvalue weighted by molar-refractivity contribution is -0.111. The molecule has 0 fully saturated rings. The summed E-state index contributed by atoms with van der Waals surface area (Å²) in [5.74, 6) is -0.263. The molecular formula is C19H20N4O3. The van der Waals surface area contributed by atoms with Crippen LogP contribution in [0.3, 0.4) is 0 Å². The summed E-state index contributed by atoms with van der Waals surface area (Å²) >= 11 is 0. The van der Waals surface area contributed by atoms with Crippen LogP contribution in [0.15, 0.2) is 37.1 Å². The molecular weight excluding hydrogens is 332 g/mol. The largest absolute Gasteiger partial charge is 0.507 e. The maximum atomic E-state index is 12.7. The van der Waals surface area contributed by atoms with E-state index in [2.05, 4.69) is 27.2 Å². The average molecular weight is 352 g/mol. The van der Waals surface area contributed by atoms with E-state index in [0.29, 0.717) is 11.5 Å². The van der Waals surface area contributed by atoms with Gasteiger partial charge in [-0.3, -0.25) is 9.59 Å². The van der Waals surface area contributed by atoms with Crippen LogP contribution in [0.25, 0.3) is 0 Å². The van der Waals surface area contributed by atoms with Gasteiger partial charge in [0.05, 0.1) is 11.6 Å². The van der Waals surface area contributed by atoms with E-state index in [0.717, 1.165) is 36.6 Å². The Kier molecular flexibility index (Phi) is 4.97. The number of rotatable bonds is 4. The minimum absolute atomic E-state index is 0.0898. The van der Waals surface area contributed by atoms with Crippen molar-refractivity contribution < 1.29 is 14.7 Å². The van der Waals surface area contributed by atoms with Crippen molar-refractivity contribution in [3.63, 3.8) is 0 Å². The molecule has 0 spiro atoms. The molecule has 1 aromatic carbocycles. The number of hydrogen-bond donors (Lipinski definition) is 3. The zero-order valence-electron chi connectivity index (χ0n) is 14.5. The third-order valence-electron chi connectivity index (χ3n) is 4.30. The number of aryl methyl sites for hydroxylation is 2. The molecule has 7 heteroatoms. The first kappa shape index (κ1) is 17.6. The monoisotopic (exact) mass is 352 g/mol. The summed E-state index contributed by atoms with van der Waals surface area (Å²) in [4.78, 5) is 32.8. The highest BCUT2D eigenvalue weighted by Gasteiger charge is 2.25. The Balaban J connectivity index is 1.82. The summed E-state index contributed by atoms with van der Waals surface area (Å²) in [6.07, 6.45) is 5.43. The van der Waals surface area contributed by atoms with E-state index < -0.39 is 11.8 Å². The zero-order valence-corrected chi connectivity index (χ0v) is 14.5. The summed E-state index contributed by atoms with van der Waals surface area (Å²) in [5.41, 5.74) is 2.35. The minimum Gasteiger partial charge on any atom is -0.507 e. The molecule has 3 rings (SSSR count). The molecule has 0 saturated carbocycles. The highest BCUT2D eigenvalue weighted by atomic mass is 16.3. The smallest absolute Gasteiger partial charge is 0.255 e. The summed E-state index contributed by atoms with van der Waals surface area (Å²) in [6, 6.07) is 4.11. The molecule has 134 valence electrons. The summed E-state index contributed by atoms with van der Waals surface area (Å²) in [5, 5.41) is 15.5. The molecule has 1 aliphatic carbocycles. The Morgan fingerprint density at radius 1 is 1.38 bits per heavy atom. The first-order valence-corrected chi connectivity index (χ1v) is 8.37. The Morgan fingerprint density at radius 3 is 2.96 bits per heavy atom. The number of carbonyl (C=O) groups is 2. The minimum atomic E-state index is -0.421. The van der Waals surface area contributed by atoms with E-state index >= 15 is 0 Å². The molecule has 26 heavy (non-hydrogen) atoms. The third-order valence-corrected chi connectivity index (χ3v) is 4.30. The van der Waals surface area contributed by atoms with E-state index in [9.17, 15) is 14.7 Å². The molecule has 1 aromatic heterocycles. The fourth-order valence-corrected chi connectivity index (χ4v) is 3.02. The summed E-state index contributed by atoms with van der Waals surface area (Å²) < 4.78 is 0. The standard InChI is InChI=1S/C19H20N4O3/c1-3-18(25)22-12-7-8-17(24)13(9-12)19(26)23-16-6-4-5-15-14(16)10-20-11(2)21-15/h3,7-10,16,24H,1,4-6H2,2H3,(H,22,25)(H,23,26). The van der Waals surface area contributed by atoms with Crippen molar-refractivity contribution in [2.75, 3.05) is 5.32 Å². The van der Waals surface area contributed by atoms with E-state index in [4.69, 9.17) is 0 Å². The van der Waals surface area contributed by atoms with Gasteiger partial charge in [0.15, 0.2) is 0 Å². The molecule has 2 amide bonds. The second-order valence-electron chi connectivity index (χ2n) is 6.16. The molecule has 2 aromatic rings. The number of carbonyl (C=O) groups excluding carboxylic acids is 2. The van der Waals surface area contributed by atoms with Gasteiger partial charge in [-0.15, -0.1) is 0 Å². The van der Waals surface area contributed by atoms with Gasteiger partial charge in [0.25, 0.3) is 5.91 Å². The van der Waals surface area contributed by atoms with Crippen molar-refractivity contribution in [2.45, 2.75) is 32.2 Å². The molecule has 1 unspecified atom stereocenters. The third kappa shape index (κ3) is 3.72. The normalized spacial score (nSPS) is 15.7. The first-order chi connectivity index (χ1) is 12.5. The average Bonchev–Trinajstić information content (AvgIpc) is 2.63. The predicted octanol–water partition coefficient (Wildman–Crippen LogP) is 2.42. The lowest BCUT2D eigenvalue weighted by Gasteiger charge is -2.25. The van der Waals surface area contributed by atoms with Crippen molar-refractivity contribution >= 4 is 17.5 Å². The fraction of sp³-hybridized carbons (Fsp3) is 0.263. The number of aromatic nitrogens is 2. The number of hydrogen-bond acceptors (Lipinski definition) is 5. The predicted molar refractivity (Wildman–Crippen MR) is 96.8 cm³/mol. The number of aromatic hydroxyl groups is 1. The van der Waals surface area contributed by atoms with Gasteiger partial charge in [-0.1, -0.05) is 6.58 Å². The Bertz CT molecular complexity index is 879. The summed E-state index contributed by atoms with van der Waals surface area (Å²) in [7, 11) is 0. The molecule has 0 aliphatic heterocycles. The number of phenols is 1. The highest BCUT2D eigenvalue weighted by Crippen LogP contribution is 2.29. The number of nitrogens with one attached hydrogen (secondary N) is 2. The van der Waals surface area contributed by atoms with Gasteiger partial charge in [-0.2, -0.15) is 0 Å².